The SMILES string of the molecule is O=C1C[C@@H](c2ccc(F)cc2)CC2=C1[C@@H](c1ccccc1)Nc1nonc1N2. The van der Waals surface area contributed by atoms with E-state index < -0.39 is 0 Å². The summed E-state index contributed by atoms with van der Waals surface area (Å²) in [5.41, 5.74) is 3.38. The highest BCUT2D eigenvalue weighted by molar-refractivity contribution is 6.00. The van der Waals surface area contributed by atoms with Gasteiger partial charge in [0.1, 0.15) is 5.82 Å². The van der Waals surface area contributed by atoms with Crippen molar-refractivity contribution in [2.24, 2.45) is 0 Å². The largest absolute Gasteiger partial charge is 0.353 e. The van der Waals surface area contributed by atoms with Crippen molar-refractivity contribution in [3.8, 4) is 0 Å². The zero-order chi connectivity index (χ0) is 19.1. The lowest BCUT2D eigenvalue weighted by atomic mass is 9.78. The number of hydrogen-bond donors (Lipinski definition) is 2. The van der Waals surface area contributed by atoms with Gasteiger partial charge in [-0.15, -0.1) is 0 Å². The minimum atomic E-state index is -0.349. The highest BCUT2D eigenvalue weighted by Gasteiger charge is 2.37. The Morgan fingerprint density at radius 2 is 1.68 bits per heavy atom. The number of nitrogens with zero attached hydrogens (tertiary/aromatic N) is 2. The van der Waals surface area contributed by atoms with Crippen LogP contribution in [0.2, 0.25) is 0 Å². The molecular formula is C21H17FN4O2. The highest BCUT2D eigenvalue weighted by atomic mass is 19.1. The Hall–Kier alpha value is -3.48. The predicted octanol–water partition coefficient (Wildman–Crippen LogP) is 4.19. The van der Waals surface area contributed by atoms with Crippen molar-refractivity contribution < 1.29 is 13.8 Å². The quantitative estimate of drug-likeness (QED) is 0.698. The molecule has 0 amide bonds. The van der Waals surface area contributed by atoms with E-state index in [4.69, 9.17) is 4.63 Å². The van der Waals surface area contributed by atoms with Crippen LogP contribution < -0.4 is 10.6 Å². The standard InChI is InChI=1S/C21H17FN4O2/c22-15-8-6-12(7-9-15)14-10-16-18(17(27)11-14)19(13-4-2-1-3-5-13)24-21-20(23-16)25-28-26-21/h1-9,14,19H,10-11H2,(H,23,25)(H,24,26)/t14-,19+/m0/s1. The lowest BCUT2D eigenvalue weighted by Crippen LogP contribution is -2.27. The third kappa shape index (κ3) is 2.85. The maximum absolute atomic E-state index is 13.3. The number of carbonyl (C=O) groups excluding carboxylic acids is 1. The monoisotopic (exact) mass is 376 g/mol. The van der Waals surface area contributed by atoms with E-state index in [-0.39, 0.29) is 23.6 Å². The third-order valence-electron chi connectivity index (χ3n) is 5.31. The second kappa shape index (κ2) is 6.60. The molecule has 0 bridgehead atoms. The fourth-order valence-electron chi connectivity index (χ4n) is 3.97. The van der Waals surface area contributed by atoms with Gasteiger partial charge >= 0.3 is 0 Å². The number of rotatable bonds is 2. The zero-order valence-electron chi connectivity index (χ0n) is 14.9. The Morgan fingerprint density at radius 1 is 0.929 bits per heavy atom. The van der Waals surface area contributed by atoms with Gasteiger partial charge in [0.05, 0.1) is 6.04 Å². The molecule has 140 valence electrons. The third-order valence-corrected chi connectivity index (χ3v) is 5.31. The highest BCUT2D eigenvalue weighted by Crippen LogP contribution is 2.43. The van der Waals surface area contributed by atoms with Gasteiger partial charge in [0.2, 0.25) is 11.6 Å². The van der Waals surface area contributed by atoms with Crippen LogP contribution in [0.4, 0.5) is 16.0 Å². The molecule has 0 radical (unpaired) electrons. The fraction of sp³-hybridized carbons (Fsp3) is 0.190. The van der Waals surface area contributed by atoms with Crippen LogP contribution in [0.3, 0.4) is 0 Å². The van der Waals surface area contributed by atoms with Gasteiger partial charge in [-0.25, -0.2) is 9.02 Å². The second-order valence-electron chi connectivity index (χ2n) is 7.05. The molecule has 2 atom stereocenters. The number of benzene rings is 2. The van der Waals surface area contributed by atoms with Crippen LogP contribution in [-0.4, -0.2) is 16.1 Å². The van der Waals surface area contributed by atoms with E-state index >= 15 is 0 Å². The Morgan fingerprint density at radius 3 is 2.46 bits per heavy atom. The normalized spacial score (nSPS) is 21.2. The molecule has 1 aromatic heterocycles. The number of anilines is 2. The molecule has 1 aliphatic heterocycles. The Kier molecular flexibility index (Phi) is 3.93. The Balaban J connectivity index is 1.58. The van der Waals surface area contributed by atoms with Crippen LogP contribution in [0.5, 0.6) is 0 Å². The molecule has 7 heteroatoms. The smallest absolute Gasteiger partial charge is 0.219 e. The number of ketones is 1. The molecule has 1 aliphatic carbocycles. The van der Waals surface area contributed by atoms with Crippen molar-refractivity contribution in [1.82, 2.24) is 10.3 Å². The summed E-state index contributed by atoms with van der Waals surface area (Å²) >= 11 is 0. The lowest BCUT2D eigenvalue weighted by molar-refractivity contribution is -0.116. The van der Waals surface area contributed by atoms with Crippen LogP contribution in [0.15, 0.2) is 70.5 Å². The van der Waals surface area contributed by atoms with E-state index in [1.54, 1.807) is 12.1 Å². The number of allylic oxidation sites excluding steroid dienone is 1. The fourth-order valence-corrected chi connectivity index (χ4v) is 3.97. The minimum absolute atomic E-state index is 0.0304. The van der Waals surface area contributed by atoms with Gasteiger partial charge < -0.3 is 10.6 Å². The molecular weight excluding hydrogens is 359 g/mol. The van der Waals surface area contributed by atoms with Crippen LogP contribution >= 0.6 is 0 Å². The summed E-state index contributed by atoms with van der Waals surface area (Å²) in [5.74, 6) is 0.654. The molecule has 6 nitrogen and oxygen atoms in total. The number of aromatic nitrogens is 2. The lowest BCUT2D eigenvalue weighted by Gasteiger charge is -2.29. The van der Waals surface area contributed by atoms with Gasteiger partial charge in [-0.05, 0) is 45.9 Å². The number of Topliss-reactive ketones (excluding diaryl/α,β-unsaturated/α-hetero) is 1. The molecule has 0 spiro atoms. The van der Waals surface area contributed by atoms with Gasteiger partial charge in [-0.2, -0.15) is 0 Å². The van der Waals surface area contributed by atoms with Crippen LogP contribution in [0.1, 0.15) is 35.9 Å². The number of halogens is 1. The summed E-state index contributed by atoms with van der Waals surface area (Å²) in [6.07, 6.45) is 0.983. The van der Waals surface area contributed by atoms with Gasteiger partial charge in [0, 0.05) is 17.7 Å². The summed E-state index contributed by atoms with van der Waals surface area (Å²) in [5, 5.41) is 14.4. The molecule has 0 saturated heterocycles. The van der Waals surface area contributed by atoms with E-state index in [1.165, 1.54) is 12.1 Å². The molecule has 0 unspecified atom stereocenters. The van der Waals surface area contributed by atoms with E-state index in [2.05, 4.69) is 20.9 Å². The Labute approximate surface area is 160 Å². The topological polar surface area (TPSA) is 80.1 Å². The van der Waals surface area contributed by atoms with Crippen molar-refractivity contribution in [1.29, 1.82) is 0 Å². The van der Waals surface area contributed by atoms with Gasteiger partial charge in [0.15, 0.2) is 5.78 Å². The number of fused-ring (bicyclic) bond motifs is 1. The number of hydrogen-bond acceptors (Lipinski definition) is 6. The molecule has 28 heavy (non-hydrogen) atoms. The maximum Gasteiger partial charge on any atom is 0.219 e. The van der Waals surface area contributed by atoms with Crippen LogP contribution in [-0.2, 0) is 4.79 Å². The molecule has 2 aromatic carbocycles. The van der Waals surface area contributed by atoms with Gasteiger partial charge in [-0.3, -0.25) is 4.79 Å². The molecule has 2 N–H and O–H groups in total. The number of nitrogens with one attached hydrogen (secondary N) is 2. The van der Waals surface area contributed by atoms with E-state index in [0.717, 1.165) is 16.8 Å². The zero-order valence-corrected chi connectivity index (χ0v) is 14.9. The average Bonchev–Trinajstić information content (AvgIpc) is 3.08. The summed E-state index contributed by atoms with van der Waals surface area (Å²) in [6, 6.07) is 15.7. The summed E-state index contributed by atoms with van der Waals surface area (Å²) in [7, 11) is 0. The van der Waals surface area contributed by atoms with Gasteiger partial charge in [-0.1, -0.05) is 42.5 Å². The second-order valence-corrected chi connectivity index (χ2v) is 7.05. The van der Waals surface area contributed by atoms with E-state index in [1.807, 2.05) is 30.3 Å². The molecule has 2 aliphatic rings. The van der Waals surface area contributed by atoms with Crippen LogP contribution in [0.25, 0.3) is 0 Å². The maximum atomic E-state index is 13.3. The van der Waals surface area contributed by atoms with Crippen molar-refractivity contribution >= 4 is 17.4 Å². The number of carbonyl (C=O) groups is 1. The minimum Gasteiger partial charge on any atom is -0.353 e. The van der Waals surface area contributed by atoms with E-state index in [9.17, 15) is 9.18 Å². The van der Waals surface area contributed by atoms with E-state index in [0.29, 0.717) is 30.1 Å². The summed E-state index contributed by atoms with van der Waals surface area (Å²) < 4.78 is 18.2. The first kappa shape index (κ1) is 16.7. The van der Waals surface area contributed by atoms with Crippen molar-refractivity contribution in [2.45, 2.75) is 24.8 Å². The van der Waals surface area contributed by atoms with Crippen molar-refractivity contribution in [3.05, 3.63) is 82.8 Å². The summed E-state index contributed by atoms with van der Waals surface area (Å²) in [4.78, 5) is 13.2. The molecule has 5 rings (SSSR count). The first-order valence-electron chi connectivity index (χ1n) is 9.12. The molecule has 3 aromatic rings. The van der Waals surface area contributed by atoms with Crippen LogP contribution in [0, 0.1) is 5.82 Å². The van der Waals surface area contributed by atoms with Crippen molar-refractivity contribution in [3.63, 3.8) is 0 Å². The summed E-state index contributed by atoms with van der Waals surface area (Å²) in [6.45, 7) is 0. The van der Waals surface area contributed by atoms with Gasteiger partial charge in [0.25, 0.3) is 0 Å². The Bertz CT molecular complexity index is 1060. The first-order valence-corrected chi connectivity index (χ1v) is 9.12. The molecule has 0 saturated carbocycles. The first-order chi connectivity index (χ1) is 13.7. The average molecular weight is 376 g/mol. The van der Waals surface area contributed by atoms with Crippen molar-refractivity contribution in [2.75, 3.05) is 10.6 Å². The predicted molar refractivity (Wildman–Crippen MR) is 101 cm³/mol. The molecule has 2 heterocycles. The molecule has 0 fully saturated rings.